The van der Waals surface area contributed by atoms with Crippen LogP contribution < -0.4 is 4.90 Å². The molecule has 0 unspecified atom stereocenters. The van der Waals surface area contributed by atoms with Crippen LogP contribution in [-0.2, 0) is 0 Å². The molecule has 0 fully saturated rings. The topological polar surface area (TPSA) is 58.3 Å². The van der Waals surface area contributed by atoms with Gasteiger partial charge < -0.3 is 9.80 Å². The maximum Gasteiger partial charge on any atom is 0.178 e. The van der Waals surface area contributed by atoms with Gasteiger partial charge in [-0.05, 0) is 45.0 Å². The third kappa shape index (κ3) is 3.52. The molecule has 0 aromatic heterocycles. The monoisotopic (exact) mass is 314 g/mol. The second-order valence-corrected chi connectivity index (χ2v) is 7.02. The normalized spacial score (nSPS) is 16.8. The molecule has 0 saturated carbocycles. The van der Waals surface area contributed by atoms with E-state index in [1.807, 2.05) is 83.0 Å². The first kappa shape index (κ1) is 17.0. The van der Waals surface area contributed by atoms with Crippen molar-refractivity contribution >= 4 is 28.8 Å². The smallest absolute Gasteiger partial charge is 0.178 e. The Hall–Kier alpha value is -2.37. The van der Waals surface area contributed by atoms with E-state index in [1.54, 1.807) is 5.01 Å². The molecular formula is C17H26N6. The summed E-state index contributed by atoms with van der Waals surface area (Å²) < 4.78 is 0. The lowest BCUT2D eigenvalue weighted by Crippen LogP contribution is -2.41. The van der Waals surface area contributed by atoms with Crippen molar-refractivity contribution in [2.75, 3.05) is 33.1 Å². The molecule has 2 rings (SSSR count). The fraction of sp³-hybridized carbons (Fsp3) is 0.471. The fourth-order valence-corrected chi connectivity index (χ4v) is 2.24. The molecule has 0 bridgehead atoms. The van der Waals surface area contributed by atoms with Gasteiger partial charge in [0.15, 0.2) is 17.4 Å². The van der Waals surface area contributed by atoms with Crippen LogP contribution in [0.15, 0.2) is 34.4 Å². The molecule has 124 valence electrons. The Balaban J connectivity index is 2.40. The standard InChI is InChI=1S/C17H26N6/c1-17(2,3)23-15(18)14(16(20-23)22(6)7)19-12-8-10-13(11-9-12)21(4)5/h8-11,18H,1-7H3. The van der Waals surface area contributed by atoms with Gasteiger partial charge in [0.25, 0.3) is 0 Å². The first-order valence-corrected chi connectivity index (χ1v) is 7.63. The molecule has 1 aromatic rings. The summed E-state index contributed by atoms with van der Waals surface area (Å²) in [5, 5.41) is 14.7. The van der Waals surface area contributed by atoms with Gasteiger partial charge in [0.2, 0.25) is 0 Å². The first-order valence-electron chi connectivity index (χ1n) is 7.63. The van der Waals surface area contributed by atoms with Crippen LogP contribution in [0.5, 0.6) is 0 Å². The average Bonchev–Trinajstić information content (AvgIpc) is 2.77. The van der Waals surface area contributed by atoms with Crippen LogP contribution in [0, 0.1) is 5.41 Å². The summed E-state index contributed by atoms with van der Waals surface area (Å²) in [7, 11) is 7.85. The molecule has 0 saturated heterocycles. The summed E-state index contributed by atoms with van der Waals surface area (Å²) in [6.45, 7) is 6.10. The summed E-state index contributed by atoms with van der Waals surface area (Å²) in [6, 6.07) is 7.96. The molecule has 0 radical (unpaired) electrons. The highest BCUT2D eigenvalue weighted by atomic mass is 15.6. The van der Waals surface area contributed by atoms with Gasteiger partial charge in [-0.25, -0.2) is 10.0 Å². The van der Waals surface area contributed by atoms with Gasteiger partial charge in [-0.1, -0.05) is 0 Å². The number of hydrogen-bond acceptors (Lipinski definition) is 5. The molecule has 0 atom stereocenters. The molecule has 1 aliphatic rings. The molecule has 1 aliphatic heterocycles. The number of nitrogens with one attached hydrogen (secondary N) is 1. The molecule has 1 aromatic carbocycles. The number of amidine groups is 2. The lowest BCUT2D eigenvalue weighted by Gasteiger charge is -2.28. The Labute approximate surface area is 138 Å². The van der Waals surface area contributed by atoms with Gasteiger partial charge in [0.05, 0.1) is 11.2 Å². The van der Waals surface area contributed by atoms with Gasteiger partial charge in [-0.3, -0.25) is 5.41 Å². The zero-order valence-electron chi connectivity index (χ0n) is 15.0. The maximum atomic E-state index is 8.45. The van der Waals surface area contributed by atoms with Crippen LogP contribution in [0.3, 0.4) is 0 Å². The van der Waals surface area contributed by atoms with Crippen LogP contribution in [0.4, 0.5) is 11.4 Å². The van der Waals surface area contributed by atoms with E-state index < -0.39 is 0 Å². The van der Waals surface area contributed by atoms with Crippen molar-refractivity contribution in [2.24, 2.45) is 10.1 Å². The Morgan fingerprint density at radius 2 is 1.57 bits per heavy atom. The van der Waals surface area contributed by atoms with E-state index in [1.165, 1.54) is 0 Å². The lowest BCUT2D eigenvalue weighted by atomic mass is 10.1. The third-order valence-electron chi connectivity index (χ3n) is 3.51. The molecular weight excluding hydrogens is 288 g/mol. The summed E-state index contributed by atoms with van der Waals surface area (Å²) >= 11 is 0. The van der Waals surface area contributed by atoms with Crippen molar-refractivity contribution in [1.82, 2.24) is 9.91 Å². The zero-order valence-corrected chi connectivity index (χ0v) is 15.0. The van der Waals surface area contributed by atoms with E-state index in [9.17, 15) is 0 Å². The first-order chi connectivity index (χ1) is 10.6. The van der Waals surface area contributed by atoms with Crippen LogP contribution in [0.1, 0.15) is 20.8 Å². The summed E-state index contributed by atoms with van der Waals surface area (Å²) in [5.41, 5.74) is 2.28. The number of rotatable bonds is 2. The molecule has 1 heterocycles. The van der Waals surface area contributed by atoms with Crippen LogP contribution in [0.25, 0.3) is 0 Å². The number of anilines is 1. The minimum atomic E-state index is -0.260. The van der Waals surface area contributed by atoms with Gasteiger partial charge in [-0.15, -0.1) is 0 Å². The van der Waals surface area contributed by atoms with Crippen molar-refractivity contribution in [1.29, 1.82) is 5.41 Å². The van der Waals surface area contributed by atoms with E-state index in [0.717, 1.165) is 11.4 Å². The van der Waals surface area contributed by atoms with Gasteiger partial charge in [0, 0.05) is 33.9 Å². The van der Waals surface area contributed by atoms with Crippen molar-refractivity contribution in [3.8, 4) is 0 Å². The second kappa shape index (κ2) is 6.02. The van der Waals surface area contributed by atoms with E-state index in [2.05, 4.69) is 10.1 Å². The van der Waals surface area contributed by atoms with Crippen molar-refractivity contribution < 1.29 is 0 Å². The summed E-state index contributed by atoms with van der Waals surface area (Å²) in [6.07, 6.45) is 0. The van der Waals surface area contributed by atoms with Crippen molar-refractivity contribution in [3.63, 3.8) is 0 Å². The number of aliphatic imine (C=N–C) groups is 1. The molecule has 6 heteroatoms. The van der Waals surface area contributed by atoms with E-state index in [0.29, 0.717) is 17.4 Å². The SMILES string of the molecule is CN(C)C1=NN(C(C)(C)C)C(=N)C1=Nc1ccc(N(C)C)cc1. The highest BCUT2D eigenvalue weighted by molar-refractivity contribution is 6.69. The largest absolute Gasteiger partial charge is 0.378 e. The Morgan fingerprint density at radius 1 is 1.00 bits per heavy atom. The molecule has 23 heavy (non-hydrogen) atoms. The number of nitrogens with zero attached hydrogens (tertiary/aromatic N) is 5. The number of hydrogen-bond donors (Lipinski definition) is 1. The highest BCUT2D eigenvalue weighted by Gasteiger charge is 2.36. The molecule has 1 N–H and O–H groups in total. The second-order valence-electron chi connectivity index (χ2n) is 7.02. The molecule has 6 nitrogen and oxygen atoms in total. The number of benzene rings is 1. The van der Waals surface area contributed by atoms with Gasteiger partial charge in [-0.2, -0.15) is 5.10 Å². The van der Waals surface area contributed by atoms with Crippen LogP contribution >= 0.6 is 0 Å². The minimum Gasteiger partial charge on any atom is -0.378 e. The third-order valence-corrected chi connectivity index (χ3v) is 3.51. The Bertz CT molecular complexity index is 647. The van der Waals surface area contributed by atoms with Crippen LogP contribution in [0.2, 0.25) is 0 Å². The maximum absolute atomic E-state index is 8.45. The summed E-state index contributed by atoms with van der Waals surface area (Å²) in [5.74, 6) is 1.04. The van der Waals surface area contributed by atoms with Crippen molar-refractivity contribution in [2.45, 2.75) is 26.3 Å². The molecule has 0 aliphatic carbocycles. The predicted octanol–water partition coefficient (Wildman–Crippen LogP) is 2.79. The van der Waals surface area contributed by atoms with E-state index in [-0.39, 0.29) is 5.54 Å². The van der Waals surface area contributed by atoms with Gasteiger partial charge >= 0.3 is 0 Å². The molecule has 0 spiro atoms. The highest BCUT2D eigenvalue weighted by Crippen LogP contribution is 2.24. The van der Waals surface area contributed by atoms with Gasteiger partial charge in [0.1, 0.15) is 0 Å². The van der Waals surface area contributed by atoms with Crippen molar-refractivity contribution in [3.05, 3.63) is 24.3 Å². The minimum absolute atomic E-state index is 0.260. The number of hydrazone groups is 1. The molecule has 0 amide bonds. The zero-order chi connectivity index (χ0) is 17.4. The van der Waals surface area contributed by atoms with E-state index in [4.69, 9.17) is 5.41 Å². The van der Waals surface area contributed by atoms with E-state index >= 15 is 0 Å². The quantitative estimate of drug-likeness (QED) is 0.913. The summed E-state index contributed by atoms with van der Waals surface area (Å²) in [4.78, 5) is 8.61. The predicted molar refractivity (Wildman–Crippen MR) is 98.3 cm³/mol. The Morgan fingerprint density at radius 3 is 2.00 bits per heavy atom. The fourth-order valence-electron chi connectivity index (χ4n) is 2.24. The van der Waals surface area contributed by atoms with Crippen LogP contribution in [-0.4, -0.2) is 61.0 Å². The lowest BCUT2D eigenvalue weighted by molar-refractivity contribution is 0.250. The Kier molecular flexibility index (Phi) is 4.45. The average molecular weight is 314 g/mol.